The Hall–Kier alpha value is -1.62. The third kappa shape index (κ3) is 3.20. The summed E-state index contributed by atoms with van der Waals surface area (Å²) in [4.78, 5) is 16.1. The molecule has 2 heterocycles. The zero-order valence-electron chi connectivity index (χ0n) is 10.1. The van der Waals surface area contributed by atoms with Crippen LogP contribution in [0.15, 0.2) is 41.1 Å². The second-order valence-electron chi connectivity index (χ2n) is 3.98. The monoisotopic (exact) mass is 307 g/mol. The van der Waals surface area contributed by atoms with Gasteiger partial charge in [0, 0.05) is 42.6 Å². The number of amides is 1. The molecule has 0 saturated carbocycles. The summed E-state index contributed by atoms with van der Waals surface area (Å²) in [6.45, 7) is 0.582. The number of hydrogen-bond acceptors (Lipinski definition) is 2. The van der Waals surface area contributed by atoms with Crippen molar-refractivity contribution in [3.05, 3.63) is 52.5 Å². The predicted molar refractivity (Wildman–Crippen MR) is 73.4 cm³/mol. The molecule has 0 unspecified atom stereocenters. The summed E-state index contributed by atoms with van der Waals surface area (Å²) >= 11 is 3.35. The molecule has 4 nitrogen and oxygen atoms in total. The Morgan fingerprint density at radius 2 is 2.33 bits per heavy atom. The first-order chi connectivity index (χ1) is 8.66. The van der Waals surface area contributed by atoms with Crippen molar-refractivity contribution in [3.8, 4) is 0 Å². The van der Waals surface area contributed by atoms with Gasteiger partial charge in [-0.15, -0.1) is 0 Å². The van der Waals surface area contributed by atoms with Gasteiger partial charge in [-0.3, -0.25) is 9.78 Å². The van der Waals surface area contributed by atoms with E-state index in [2.05, 4.69) is 26.2 Å². The zero-order chi connectivity index (χ0) is 13.0. The largest absolute Gasteiger partial charge is 0.350 e. The van der Waals surface area contributed by atoms with Crippen LogP contribution in [-0.2, 0) is 13.5 Å². The number of halogens is 1. The maximum Gasteiger partial charge on any atom is 0.267 e. The highest BCUT2D eigenvalue weighted by Crippen LogP contribution is 2.13. The van der Waals surface area contributed by atoms with Gasteiger partial charge in [-0.2, -0.15) is 0 Å². The number of rotatable bonds is 4. The zero-order valence-corrected chi connectivity index (χ0v) is 11.6. The van der Waals surface area contributed by atoms with Gasteiger partial charge < -0.3 is 9.88 Å². The standard InChI is InChI=1S/C13H14BrN3O/c1-17-9-10(14)8-12(17)13(18)16-7-5-11-4-2-3-6-15-11/h2-4,6,8-9H,5,7H2,1H3,(H,16,18). The van der Waals surface area contributed by atoms with E-state index in [0.29, 0.717) is 12.2 Å². The van der Waals surface area contributed by atoms with Gasteiger partial charge in [-0.1, -0.05) is 6.07 Å². The molecular formula is C13H14BrN3O. The van der Waals surface area contributed by atoms with Crippen LogP contribution < -0.4 is 5.32 Å². The van der Waals surface area contributed by atoms with E-state index in [0.717, 1.165) is 16.6 Å². The number of carbonyl (C=O) groups is 1. The van der Waals surface area contributed by atoms with Crippen LogP contribution in [0.25, 0.3) is 0 Å². The van der Waals surface area contributed by atoms with Crippen molar-refractivity contribution in [1.82, 2.24) is 14.9 Å². The molecule has 0 bridgehead atoms. The van der Waals surface area contributed by atoms with Gasteiger partial charge in [0.05, 0.1) is 0 Å². The van der Waals surface area contributed by atoms with Crippen molar-refractivity contribution in [2.75, 3.05) is 6.54 Å². The molecule has 0 spiro atoms. The Morgan fingerprint density at radius 3 is 2.94 bits per heavy atom. The molecule has 0 saturated heterocycles. The first-order valence-electron chi connectivity index (χ1n) is 5.67. The van der Waals surface area contributed by atoms with Crippen LogP contribution >= 0.6 is 15.9 Å². The smallest absolute Gasteiger partial charge is 0.267 e. The van der Waals surface area contributed by atoms with E-state index in [9.17, 15) is 4.79 Å². The lowest BCUT2D eigenvalue weighted by atomic mass is 10.2. The minimum atomic E-state index is -0.0702. The molecule has 2 aromatic rings. The summed E-state index contributed by atoms with van der Waals surface area (Å²) in [6.07, 6.45) is 4.34. The number of nitrogens with zero attached hydrogens (tertiary/aromatic N) is 2. The van der Waals surface area contributed by atoms with Gasteiger partial charge in [0.15, 0.2) is 0 Å². The molecule has 0 atom stereocenters. The number of aryl methyl sites for hydroxylation is 1. The second-order valence-corrected chi connectivity index (χ2v) is 4.90. The fraction of sp³-hybridized carbons (Fsp3) is 0.231. The molecule has 1 N–H and O–H groups in total. The number of aromatic nitrogens is 2. The molecule has 5 heteroatoms. The lowest BCUT2D eigenvalue weighted by Crippen LogP contribution is -2.27. The SMILES string of the molecule is Cn1cc(Br)cc1C(=O)NCCc1ccccn1. The average Bonchev–Trinajstić information content (AvgIpc) is 2.70. The van der Waals surface area contributed by atoms with Crippen LogP contribution in [-0.4, -0.2) is 22.0 Å². The summed E-state index contributed by atoms with van der Waals surface area (Å²) < 4.78 is 2.69. The fourth-order valence-corrected chi connectivity index (χ4v) is 2.21. The van der Waals surface area contributed by atoms with Gasteiger partial charge in [0.25, 0.3) is 5.91 Å². The molecule has 0 radical (unpaired) electrons. The molecule has 1 amide bonds. The fourth-order valence-electron chi connectivity index (χ4n) is 1.69. The van der Waals surface area contributed by atoms with Crippen LogP contribution in [0.4, 0.5) is 0 Å². The molecule has 94 valence electrons. The summed E-state index contributed by atoms with van der Waals surface area (Å²) in [5, 5.41) is 2.88. The van der Waals surface area contributed by atoms with Gasteiger partial charge in [-0.25, -0.2) is 0 Å². The Kier molecular flexibility index (Phi) is 4.15. The van der Waals surface area contributed by atoms with E-state index in [4.69, 9.17) is 0 Å². The van der Waals surface area contributed by atoms with Crippen LogP contribution in [0.1, 0.15) is 16.2 Å². The number of pyridine rings is 1. The van der Waals surface area contributed by atoms with Crippen LogP contribution in [0.5, 0.6) is 0 Å². The average molecular weight is 308 g/mol. The Balaban J connectivity index is 1.87. The summed E-state index contributed by atoms with van der Waals surface area (Å²) in [6, 6.07) is 7.57. The lowest BCUT2D eigenvalue weighted by molar-refractivity contribution is 0.0946. The number of carbonyl (C=O) groups excluding carboxylic acids is 1. The predicted octanol–water partition coefficient (Wildman–Crippen LogP) is 2.16. The Labute approximate surface area is 114 Å². The van der Waals surface area contributed by atoms with Gasteiger partial charge in [0.2, 0.25) is 0 Å². The van der Waals surface area contributed by atoms with Crippen molar-refractivity contribution in [1.29, 1.82) is 0 Å². The molecule has 0 aliphatic heterocycles. The quantitative estimate of drug-likeness (QED) is 0.941. The third-order valence-electron chi connectivity index (χ3n) is 2.60. The highest BCUT2D eigenvalue weighted by atomic mass is 79.9. The van der Waals surface area contributed by atoms with E-state index in [1.54, 1.807) is 16.8 Å². The first-order valence-corrected chi connectivity index (χ1v) is 6.46. The van der Waals surface area contributed by atoms with Gasteiger partial charge in [-0.05, 0) is 34.1 Å². The lowest BCUT2D eigenvalue weighted by Gasteiger charge is -2.05. The van der Waals surface area contributed by atoms with Crippen molar-refractivity contribution in [3.63, 3.8) is 0 Å². The van der Waals surface area contributed by atoms with E-state index in [1.165, 1.54) is 0 Å². The summed E-state index contributed by atoms with van der Waals surface area (Å²) in [7, 11) is 1.85. The summed E-state index contributed by atoms with van der Waals surface area (Å²) in [5.41, 5.74) is 1.62. The van der Waals surface area contributed by atoms with Crippen molar-refractivity contribution in [2.45, 2.75) is 6.42 Å². The highest BCUT2D eigenvalue weighted by Gasteiger charge is 2.10. The van der Waals surface area contributed by atoms with E-state index in [-0.39, 0.29) is 5.91 Å². The molecule has 2 rings (SSSR count). The minimum Gasteiger partial charge on any atom is -0.350 e. The molecule has 0 aliphatic rings. The van der Waals surface area contributed by atoms with Crippen LogP contribution in [0.2, 0.25) is 0 Å². The summed E-state index contributed by atoms with van der Waals surface area (Å²) in [5.74, 6) is -0.0702. The second kappa shape index (κ2) is 5.82. The van der Waals surface area contributed by atoms with E-state index >= 15 is 0 Å². The first kappa shape index (κ1) is 12.8. The Bertz CT molecular complexity index is 536. The van der Waals surface area contributed by atoms with E-state index < -0.39 is 0 Å². The molecular weight excluding hydrogens is 294 g/mol. The maximum atomic E-state index is 11.9. The molecule has 18 heavy (non-hydrogen) atoms. The van der Waals surface area contributed by atoms with Crippen molar-refractivity contribution >= 4 is 21.8 Å². The number of hydrogen-bond donors (Lipinski definition) is 1. The minimum absolute atomic E-state index is 0.0702. The van der Waals surface area contributed by atoms with Gasteiger partial charge in [0.1, 0.15) is 5.69 Å². The van der Waals surface area contributed by atoms with Gasteiger partial charge >= 0.3 is 0 Å². The molecule has 0 aliphatic carbocycles. The maximum absolute atomic E-state index is 11.9. The Morgan fingerprint density at radius 1 is 1.50 bits per heavy atom. The topological polar surface area (TPSA) is 46.9 Å². The van der Waals surface area contributed by atoms with Crippen LogP contribution in [0, 0.1) is 0 Å². The third-order valence-corrected chi connectivity index (χ3v) is 3.03. The highest BCUT2D eigenvalue weighted by molar-refractivity contribution is 9.10. The van der Waals surface area contributed by atoms with Crippen molar-refractivity contribution in [2.24, 2.45) is 7.05 Å². The number of nitrogens with one attached hydrogen (secondary N) is 1. The molecule has 0 fully saturated rings. The van der Waals surface area contributed by atoms with E-state index in [1.807, 2.05) is 31.4 Å². The van der Waals surface area contributed by atoms with Crippen molar-refractivity contribution < 1.29 is 4.79 Å². The molecule has 2 aromatic heterocycles. The normalized spacial score (nSPS) is 10.3. The van der Waals surface area contributed by atoms with Crippen LogP contribution in [0.3, 0.4) is 0 Å². The molecule has 0 aromatic carbocycles.